The topological polar surface area (TPSA) is 75.6 Å². The van der Waals surface area contributed by atoms with Crippen molar-refractivity contribution in [3.8, 4) is 0 Å². The van der Waals surface area contributed by atoms with E-state index in [0.29, 0.717) is 13.0 Å². The quantitative estimate of drug-likeness (QED) is 0.696. The number of amides is 1. The zero-order chi connectivity index (χ0) is 12.0. The number of hydrogen-bond acceptors (Lipinski definition) is 3. The van der Waals surface area contributed by atoms with E-state index in [1.54, 1.807) is 0 Å². The molecule has 0 aromatic heterocycles. The first-order chi connectivity index (χ1) is 7.65. The zero-order valence-corrected chi connectivity index (χ0v) is 9.15. The Labute approximate surface area is 94.5 Å². The lowest BCUT2D eigenvalue weighted by Crippen LogP contribution is -2.33. The molecule has 0 bridgehead atoms. The third-order valence-corrected chi connectivity index (χ3v) is 2.82. The van der Waals surface area contributed by atoms with Crippen molar-refractivity contribution in [2.24, 2.45) is 11.8 Å². The van der Waals surface area contributed by atoms with Crippen LogP contribution in [0.3, 0.4) is 0 Å². The number of ether oxygens (including phenoxy) is 1. The van der Waals surface area contributed by atoms with Crippen LogP contribution in [0.5, 0.6) is 0 Å². The first-order valence-electron chi connectivity index (χ1n) is 5.39. The van der Waals surface area contributed by atoms with E-state index in [-0.39, 0.29) is 18.4 Å². The molecule has 1 amide bonds. The van der Waals surface area contributed by atoms with Crippen LogP contribution in [0, 0.1) is 11.8 Å². The van der Waals surface area contributed by atoms with Gasteiger partial charge in [-0.2, -0.15) is 0 Å². The van der Waals surface area contributed by atoms with Crippen molar-refractivity contribution >= 4 is 12.1 Å². The Kier molecular flexibility index (Phi) is 4.82. The van der Waals surface area contributed by atoms with Gasteiger partial charge in [0.1, 0.15) is 6.61 Å². The van der Waals surface area contributed by atoms with E-state index >= 15 is 0 Å². The Morgan fingerprint density at radius 3 is 2.88 bits per heavy atom. The third-order valence-electron chi connectivity index (χ3n) is 2.82. The molecule has 2 atom stereocenters. The summed E-state index contributed by atoms with van der Waals surface area (Å²) in [4.78, 5) is 22.0. The molecule has 0 saturated heterocycles. The van der Waals surface area contributed by atoms with E-state index in [2.05, 4.69) is 11.9 Å². The molecule has 0 aliphatic heterocycles. The Hall–Kier alpha value is -1.52. The molecule has 5 nitrogen and oxygen atoms in total. The zero-order valence-electron chi connectivity index (χ0n) is 9.15. The largest absolute Gasteiger partial charge is 0.481 e. The molecule has 1 saturated carbocycles. The van der Waals surface area contributed by atoms with Gasteiger partial charge in [-0.1, -0.05) is 19.1 Å². The second-order valence-corrected chi connectivity index (χ2v) is 3.90. The predicted molar refractivity (Wildman–Crippen MR) is 58.0 cm³/mol. The number of nitrogens with one attached hydrogen (secondary N) is 1. The van der Waals surface area contributed by atoms with Crippen molar-refractivity contribution in [2.75, 3.05) is 13.2 Å². The van der Waals surface area contributed by atoms with Crippen LogP contribution in [0.25, 0.3) is 0 Å². The van der Waals surface area contributed by atoms with Gasteiger partial charge in [-0.25, -0.2) is 4.79 Å². The van der Waals surface area contributed by atoms with Gasteiger partial charge in [-0.15, -0.1) is 0 Å². The summed E-state index contributed by atoms with van der Waals surface area (Å²) in [5.41, 5.74) is 0. The van der Waals surface area contributed by atoms with Gasteiger partial charge in [-0.3, -0.25) is 4.79 Å². The summed E-state index contributed by atoms with van der Waals surface area (Å²) in [6, 6.07) is 0. The molecule has 1 aliphatic carbocycles. The average Bonchev–Trinajstić information content (AvgIpc) is 2.71. The summed E-state index contributed by atoms with van der Waals surface area (Å²) in [5, 5.41) is 11.5. The normalized spacial score (nSPS) is 23.8. The average molecular weight is 227 g/mol. The molecule has 0 unspecified atom stereocenters. The molecular formula is C11H17NO4. The monoisotopic (exact) mass is 227 g/mol. The molecule has 5 heteroatoms. The minimum atomic E-state index is -0.774. The van der Waals surface area contributed by atoms with Crippen molar-refractivity contribution in [3.63, 3.8) is 0 Å². The van der Waals surface area contributed by atoms with E-state index < -0.39 is 12.1 Å². The second kappa shape index (κ2) is 6.15. The van der Waals surface area contributed by atoms with Gasteiger partial charge >= 0.3 is 12.1 Å². The van der Waals surface area contributed by atoms with Gasteiger partial charge in [0.2, 0.25) is 0 Å². The smallest absolute Gasteiger partial charge is 0.407 e. The highest BCUT2D eigenvalue weighted by atomic mass is 16.5. The van der Waals surface area contributed by atoms with E-state index in [1.807, 2.05) is 0 Å². The van der Waals surface area contributed by atoms with Crippen LogP contribution in [0.4, 0.5) is 4.79 Å². The first-order valence-corrected chi connectivity index (χ1v) is 5.39. The highest BCUT2D eigenvalue weighted by Crippen LogP contribution is 2.31. The molecule has 16 heavy (non-hydrogen) atoms. The number of rotatable bonds is 5. The van der Waals surface area contributed by atoms with Gasteiger partial charge < -0.3 is 15.2 Å². The van der Waals surface area contributed by atoms with Crippen molar-refractivity contribution in [3.05, 3.63) is 12.7 Å². The van der Waals surface area contributed by atoms with Gasteiger partial charge in [0.25, 0.3) is 0 Å². The van der Waals surface area contributed by atoms with Crippen LogP contribution in [0.1, 0.15) is 19.3 Å². The first kappa shape index (κ1) is 12.5. The summed E-state index contributed by atoms with van der Waals surface area (Å²) in [5.74, 6) is -1.09. The highest BCUT2D eigenvalue weighted by Gasteiger charge is 2.32. The highest BCUT2D eigenvalue weighted by molar-refractivity contribution is 5.71. The summed E-state index contributed by atoms with van der Waals surface area (Å²) < 4.78 is 4.73. The van der Waals surface area contributed by atoms with Gasteiger partial charge in [0.15, 0.2) is 0 Å². The summed E-state index contributed by atoms with van der Waals surface area (Å²) >= 11 is 0. The van der Waals surface area contributed by atoms with Gasteiger partial charge in [0.05, 0.1) is 5.92 Å². The van der Waals surface area contributed by atoms with Crippen molar-refractivity contribution in [2.45, 2.75) is 19.3 Å². The van der Waals surface area contributed by atoms with Crippen molar-refractivity contribution in [1.29, 1.82) is 0 Å². The number of alkyl carbamates (subject to hydrolysis) is 1. The van der Waals surface area contributed by atoms with E-state index in [4.69, 9.17) is 9.84 Å². The Balaban J connectivity index is 2.28. The minimum absolute atomic E-state index is 0.0220. The maximum Gasteiger partial charge on any atom is 0.407 e. The Morgan fingerprint density at radius 2 is 2.25 bits per heavy atom. The standard InChI is InChI=1S/C11H17NO4/c1-2-6-16-11(15)12-7-8-4-3-5-9(8)10(13)14/h2,8-9H,1,3-7H2,(H,12,15)(H,13,14)/t8-,9-/m1/s1. The van der Waals surface area contributed by atoms with E-state index in [1.165, 1.54) is 6.08 Å². The molecule has 0 aromatic rings. The molecule has 2 N–H and O–H groups in total. The lowest BCUT2D eigenvalue weighted by atomic mass is 9.96. The molecule has 0 heterocycles. The summed E-state index contributed by atoms with van der Waals surface area (Å²) in [6.45, 7) is 3.96. The SMILES string of the molecule is C=CCOC(=O)NC[C@H]1CCC[C@H]1C(=O)O. The number of carboxylic acids is 1. The van der Waals surface area contributed by atoms with Crippen molar-refractivity contribution < 1.29 is 19.4 Å². The Bertz CT molecular complexity index is 277. The number of aliphatic carboxylic acids is 1. The van der Waals surface area contributed by atoms with E-state index in [0.717, 1.165) is 12.8 Å². The number of hydrogen-bond donors (Lipinski definition) is 2. The van der Waals surface area contributed by atoms with Crippen LogP contribution < -0.4 is 5.32 Å². The van der Waals surface area contributed by atoms with Crippen LogP contribution in [0.15, 0.2) is 12.7 Å². The van der Waals surface area contributed by atoms with Crippen LogP contribution >= 0.6 is 0 Å². The molecular weight excluding hydrogens is 210 g/mol. The molecule has 0 aromatic carbocycles. The lowest BCUT2D eigenvalue weighted by Gasteiger charge is -2.15. The number of carbonyl (C=O) groups is 2. The van der Waals surface area contributed by atoms with Crippen LogP contribution in [-0.4, -0.2) is 30.3 Å². The van der Waals surface area contributed by atoms with E-state index in [9.17, 15) is 9.59 Å². The lowest BCUT2D eigenvalue weighted by molar-refractivity contribution is -0.142. The maximum absolute atomic E-state index is 11.1. The molecule has 90 valence electrons. The molecule has 1 rings (SSSR count). The number of carbonyl (C=O) groups excluding carboxylic acids is 1. The minimum Gasteiger partial charge on any atom is -0.481 e. The number of carboxylic acid groups (broad SMARTS) is 1. The molecule has 1 aliphatic rings. The fourth-order valence-corrected chi connectivity index (χ4v) is 2.01. The fraction of sp³-hybridized carbons (Fsp3) is 0.636. The van der Waals surface area contributed by atoms with Crippen LogP contribution in [-0.2, 0) is 9.53 Å². The molecule has 0 spiro atoms. The third kappa shape index (κ3) is 3.56. The predicted octanol–water partition coefficient (Wildman–Crippen LogP) is 1.40. The summed E-state index contributed by atoms with van der Waals surface area (Å²) in [6.07, 6.45) is 3.42. The Morgan fingerprint density at radius 1 is 1.50 bits per heavy atom. The maximum atomic E-state index is 11.1. The van der Waals surface area contributed by atoms with Crippen molar-refractivity contribution in [1.82, 2.24) is 5.32 Å². The molecule has 1 fully saturated rings. The fourth-order valence-electron chi connectivity index (χ4n) is 2.01. The van der Waals surface area contributed by atoms with Crippen LogP contribution in [0.2, 0.25) is 0 Å². The second-order valence-electron chi connectivity index (χ2n) is 3.90. The summed E-state index contributed by atoms with van der Waals surface area (Å²) in [7, 11) is 0. The van der Waals surface area contributed by atoms with Gasteiger partial charge in [0, 0.05) is 6.54 Å². The van der Waals surface area contributed by atoms with Gasteiger partial charge in [-0.05, 0) is 18.8 Å². The molecule has 0 radical (unpaired) electrons.